The Morgan fingerprint density at radius 1 is 1.24 bits per heavy atom. The molecular formula is C15H20O5S. The van der Waals surface area contributed by atoms with Crippen molar-refractivity contribution in [2.24, 2.45) is 0 Å². The van der Waals surface area contributed by atoms with Gasteiger partial charge < -0.3 is 9.84 Å². The fourth-order valence-corrected chi connectivity index (χ4v) is 3.14. The monoisotopic (exact) mass is 312 g/mol. The second kappa shape index (κ2) is 7.93. The number of carbonyl (C=O) groups is 2. The lowest BCUT2D eigenvalue weighted by molar-refractivity contribution is -0.146. The van der Waals surface area contributed by atoms with E-state index in [4.69, 9.17) is 9.84 Å². The zero-order valence-electron chi connectivity index (χ0n) is 12.4. The van der Waals surface area contributed by atoms with Crippen LogP contribution in [0.25, 0.3) is 0 Å². The molecule has 0 aliphatic carbocycles. The predicted octanol–water partition coefficient (Wildman–Crippen LogP) is 2.36. The van der Waals surface area contributed by atoms with Gasteiger partial charge in [0.2, 0.25) is 0 Å². The minimum atomic E-state index is -1.39. The first kappa shape index (κ1) is 17.4. The van der Waals surface area contributed by atoms with Crippen LogP contribution < -0.4 is 0 Å². The van der Waals surface area contributed by atoms with Crippen molar-refractivity contribution in [1.82, 2.24) is 0 Å². The summed E-state index contributed by atoms with van der Waals surface area (Å²) in [5, 5.41) is 8.16. The molecule has 2 unspecified atom stereocenters. The fraction of sp³-hybridized carbons (Fsp3) is 0.467. The largest absolute Gasteiger partial charge is 0.478 e. The number of hydrogen-bond acceptors (Lipinski definition) is 4. The molecule has 5 nitrogen and oxygen atoms in total. The summed E-state index contributed by atoms with van der Waals surface area (Å²) in [5.74, 6) is -1.26. The van der Waals surface area contributed by atoms with Crippen molar-refractivity contribution in [1.29, 1.82) is 0 Å². The van der Waals surface area contributed by atoms with E-state index in [0.29, 0.717) is 6.42 Å². The Labute approximate surface area is 126 Å². The third kappa shape index (κ3) is 5.30. The van der Waals surface area contributed by atoms with Crippen LogP contribution in [0.2, 0.25) is 0 Å². The standard InChI is InChI=1S/C15H20O5S/c1-4-13(15(18)20-10(2)3)21(19)9-11-5-7-12(8-6-11)14(16)17/h5-8,10,13H,4,9H2,1-3H3,(H,16,17). The van der Waals surface area contributed by atoms with Gasteiger partial charge in [0.25, 0.3) is 0 Å². The third-order valence-electron chi connectivity index (χ3n) is 2.81. The summed E-state index contributed by atoms with van der Waals surface area (Å²) in [5.41, 5.74) is 0.907. The molecule has 0 saturated heterocycles. The average Bonchev–Trinajstić information content (AvgIpc) is 2.39. The smallest absolute Gasteiger partial charge is 0.335 e. The van der Waals surface area contributed by atoms with Crippen LogP contribution in [0.5, 0.6) is 0 Å². The van der Waals surface area contributed by atoms with E-state index in [1.54, 1.807) is 32.9 Å². The number of esters is 1. The van der Waals surface area contributed by atoms with Crippen LogP contribution in [-0.2, 0) is 26.1 Å². The van der Waals surface area contributed by atoms with Crippen LogP contribution in [-0.4, -0.2) is 32.6 Å². The molecule has 1 aromatic rings. The maximum absolute atomic E-state index is 12.3. The van der Waals surface area contributed by atoms with Gasteiger partial charge in [-0.25, -0.2) is 4.79 Å². The summed E-state index contributed by atoms with van der Waals surface area (Å²) in [6.07, 6.45) is 0.198. The lowest BCUT2D eigenvalue weighted by Gasteiger charge is -2.16. The summed E-state index contributed by atoms with van der Waals surface area (Å²) in [7, 11) is -1.39. The lowest BCUT2D eigenvalue weighted by atomic mass is 10.1. The van der Waals surface area contributed by atoms with Crippen LogP contribution in [0.3, 0.4) is 0 Å². The van der Waals surface area contributed by atoms with E-state index in [-0.39, 0.29) is 17.4 Å². The highest BCUT2D eigenvalue weighted by atomic mass is 32.2. The Hall–Kier alpha value is -1.69. The highest BCUT2D eigenvalue weighted by molar-refractivity contribution is 7.85. The number of benzene rings is 1. The number of carboxylic acid groups (broad SMARTS) is 1. The molecule has 0 heterocycles. The molecular weight excluding hydrogens is 292 g/mol. The van der Waals surface area contributed by atoms with Gasteiger partial charge >= 0.3 is 11.9 Å². The van der Waals surface area contributed by atoms with E-state index in [1.807, 2.05) is 0 Å². The number of carboxylic acids is 1. The van der Waals surface area contributed by atoms with Crippen molar-refractivity contribution < 1.29 is 23.6 Å². The minimum absolute atomic E-state index is 0.177. The van der Waals surface area contributed by atoms with Crippen LogP contribution in [0.15, 0.2) is 24.3 Å². The molecule has 21 heavy (non-hydrogen) atoms. The molecule has 0 bridgehead atoms. The summed E-state index contributed by atoms with van der Waals surface area (Å²) in [6, 6.07) is 6.15. The van der Waals surface area contributed by atoms with Gasteiger partial charge in [0.05, 0.1) is 11.7 Å². The highest BCUT2D eigenvalue weighted by Crippen LogP contribution is 2.13. The molecule has 0 aliphatic heterocycles. The normalized spacial score (nSPS) is 13.7. The number of aromatic carboxylic acids is 1. The Morgan fingerprint density at radius 2 is 1.81 bits per heavy atom. The maximum atomic E-state index is 12.3. The summed E-state index contributed by atoms with van der Waals surface area (Å²) >= 11 is 0. The molecule has 116 valence electrons. The van der Waals surface area contributed by atoms with E-state index < -0.39 is 28.0 Å². The first-order valence-corrected chi connectivity index (χ1v) is 8.13. The molecule has 0 aromatic heterocycles. The van der Waals surface area contributed by atoms with Gasteiger partial charge in [0.15, 0.2) is 0 Å². The Kier molecular flexibility index (Phi) is 6.55. The Bertz CT molecular complexity index is 521. The van der Waals surface area contributed by atoms with E-state index in [2.05, 4.69) is 0 Å². The van der Waals surface area contributed by atoms with Gasteiger partial charge in [-0.2, -0.15) is 0 Å². The quantitative estimate of drug-likeness (QED) is 0.782. The molecule has 0 spiro atoms. The maximum Gasteiger partial charge on any atom is 0.335 e. The zero-order chi connectivity index (χ0) is 16.0. The number of hydrogen-bond donors (Lipinski definition) is 1. The molecule has 0 amide bonds. The number of carbonyl (C=O) groups excluding carboxylic acids is 1. The van der Waals surface area contributed by atoms with Crippen molar-refractivity contribution in [3.63, 3.8) is 0 Å². The van der Waals surface area contributed by atoms with Crippen molar-refractivity contribution in [2.75, 3.05) is 0 Å². The average molecular weight is 312 g/mol. The molecule has 0 radical (unpaired) electrons. The van der Waals surface area contributed by atoms with E-state index >= 15 is 0 Å². The molecule has 6 heteroatoms. The molecule has 1 aromatic carbocycles. The Balaban J connectivity index is 2.73. The van der Waals surface area contributed by atoms with Gasteiger partial charge in [0.1, 0.15) is 5.25 Å². The second-order valence-corrected chi connectivity index (χ2v) is 6.53. The fourth-order valence-electron chi connectivity index (χ4n) is 1.78. The molecule has 2 atom stereocenters. The molecule has 0 fully saturated rings. The van der Waals surface area contributed by atoms with Crippen molar-refractivity contribution in [3.8, 4) is 0 Å². The van der Waals surface area contributed by atoms with Crippen LogP contribution in [0, 0.1) is 0 Å². The van der Waals surface area contributed by atoms with Gasteiger partial charge in [-0.05, 0) is 38.0 Å². The highest BCUT2D eigenvalue weighted by Gasteiger charge is 2.25. The summed E-state index contributed by atoms with van der Waals surface area (Å²) in [6.45, 7) is 5.29. The van der Waals surface area contributed by atoms with E-state index in [9.17, 15) is 13.8 Å². The van der Waals surface area contributed by atoms with Gasteiger partial charge in [-0.1, -0.05) is 19.1 Å². The molecule has 0 aliphatic rings. The second-order valence-electron chi connectivity index (χ2n) is 4.91. The third-order valence-corrected chi connectivity index (χ3v) is 4.59. The first-order chi connectivity index (χ1) is 9.85. The van der Waals surface area contributed by atoms with Gasteiger partial charge in [-0.3, -0.25) is 9.00 Å². The zero-order valence-corrected chi connectivity index (χ0v) is 13.2. The number of rotatable bonds is 7. The summed E-state index contributed by atoms with van der Waals surface area (Å²) in [4.78, 5) is 22.6. The van der Waals surface area contributed by atoms with E-state index in [1.165, 1.54) is 12.1 Å². The van der Waals surface area contributed by atoms with Crippen LogP contribution in [0.4, 0.5) is 0 Å². The SMILES string of the molecule is CCC(C(=O)OC(C)C)S(=O)Cc1ccc(C(=O)O)cc1. The van der Waals surface area contributed by atoms with Crippen molar-refractivity contribution in [3.05, 3.63) is 35.4 Å². The predicted molar refractivity (Wildman–Crippen MR) is 80.6 cm³/mol. The van der Waals surface area contributed by atoms with E-state index in [0.717, 1.165) is 5.56 Å². The first-order valence-electron chi connectivity index (χ1n) is 6.75. The lowest BCUT2D eigenvalue weighted by Crippen LogP contribution is -2.30. The molecule has 1 N–H and O–H groups in total. The summed E-state index contributed by atoms with van der Waals surface area (Å²) < 4.78 is 17.4. The van der Waals surface area contributed by atoms with Gasteiger partial charge in [0, 0.05) is 16.6 Å². The van der Waals surface area contributed by atoms with Crippen LogP contribution in [0.1, 0.15) is 43.1 Å². The number of ether oxygens (including phenoxy) is 1. The molecule has 1 rings (SSSR count). The van der Waals surface area contributed by atoms with Crippen molar-refractivity contribution >= 4 is 22.7 Å². The van der Waals surface area contributed by atoms with Crippen molar-refractivity contribution in [2.45, 2.75) is 44.3 Å². The molecule has 0 saturated carbocycles. The van der Waals surface area contributed by atoms with Crippen LogP contribution >= 0.6 is 0 Å². The van der Waals surface area contributed by atoms with Gasteiger partial charge in [-0.15, -0.1) is 0 Å². The topological polar surface area (TPSA) is 80.7 Å². The Morgan fingerprint density at radius 3 is 2.24 bits per heavy atom. The minimum Gasteiger partial charge on any atom is -0.478 e.